The third-order valence-electron chi connectivity index (χ3n) is 4.08. The molecule has 22 heavy (non-hydrogen) atoms. The van der Waals surface area contributed by atoms with E-state index in [-0.39, 0.29) is 11.7 Å². The third-order valence-corrected chi connectivity index (χ3v) is 4.08. The Bertz CT molecular complexity index is 614. The summed E-state index contributed by atoms with van der Waals surface area (Å²) in [5.74, 6) is 1.26. The Morgan fingerprint density at radius 3 is 2.86 bits per heavy atom. The Hall–Kier alpha value is -1.79. The molecule has 6 heteroatoms. The number of hydrogen-bond acceptors (Lipinski definition) is 5. The second kappa shape index (κ2) is 6.54. The highest BCUT2D eigenvalue weighted by Gasteiger charge is 2.26. The van der Waals surface area contributed by atoms with Crippen molar-refractivity contribution in [2.75, 3.05) is 19.6 Å². The fourth-order valence-corrected chi connectivity index (χ4v) is 2.94. The van der Waals surface area contributed by atoms with Gasteiger partial charge in [0.05, 0.1) is 12.0 Å². The lowest BCUT2D eigenvalue weighted by Gasteiger charge is -2.32. The number of hydrogen-bond donors (Lipinski definition) is 1. The molecule has 2 heterocycles. The van der Waals surface area contributed by atoms with Crippen LogP contribution in [0.5, 0.6) is 0 Å². The molecule has 118 valence electrons. The van der Waals surface area contributed by atoms with Crippen LogP contribution in [0.25, 0.3) is 0 Å². The summed E-state index contributed by atoms with van der Waals surface area (Å²) in [7, 11) is 0. The van der Waals surface area contributed by atoms with E-state index in [1.165, 1.54) is 12.1 Å². The molecule has 0 spiro atoms. The van der Waals surface area contributed by atoms with Gasteiger partial charge in [-0.1, -0.05) is 17.3 Å². The second-order valence-electron chi connectivity index (χ2n) is 5.85. The van der Waals surface area contributed by atoms with E-state index < -0.39 is 6.10 Å². The van der Waals surface area contributed by atoms with Crippen molar-refractivity contribution in [3.63, 3.8) is 0 Å². The molecule has 1 aromatic heterocycles. The van der Waals surface area contributed by atoms with Crippen LogP contribution < -0.4 is 0 Å². The zero-order chi connectivity index (χ0) is 15.5. The number of benzene rings is 1. The van der Waals surface area contributed by atoms with Crippen LogP contribution in [0.2, 0.25) is 0 Å². The largest absolute Gasteiger partial charge is 0.387 e. The summed E-state index contributed by atoms with van der Waals surface area (Å²) in [4.78, 5) is 6.50. The van der Waals surface area contributed by atoms with Crippen LogP contribution in [0.15, 0.2) is 28.8 Å². The minimum atomic E-state index is -0.622. The summed E-state index contributed by atoms with van der Waals surface area (Å²) >= 11 is 0. The highest BCUT2D eigenvalue weighted by Crippen LogP contribution is 2.27. The van der Waals surface area contributed by atoms with Crippen LogP contribution in [0.3, 0.4) is 0 Å². The summed E-state index contributed by atoms with van der Waals surface area (Å²) in [6.07, 6.45) is 1.43. The van der Waals surface area contributed by atoms with Gasteiger partial charge >= 0.3 is 0 Å². The second-order valence-corrected chi connectivity index (χ2v) is 5.85. The van der Waals surface area contributed by atoms with E-state index in [2.05, 4.69) is 15.0 Å². The van der Waals surface area contributed by atoms with Crippen LogP contribution in [0.1, 0.15) is 42.1 Å². The van der Waals surface area contributed by atoms with Crippen molar-refractivity contribution in [3.8, 4) is 0 Å². The highest BCUT2D eigenvalue weighted by atomic mass is 19.1. The summed E-state index contributed by atoms with van der Waals surface area (Å²) < 4.78 is 18.2. The molecule has 0 radical (unpaired) electrons. The number of aromatic nitrogens is 2. The van der Waals surface area contributed by atoms with Crippen LogP contribution in [0, 0.1) is 12.7 Å². The molecule has 1 N–H and O–H groups in total. The number of halogens is 1. The number of likely N-dealkylation sites (tertiary alicyclic amines) is 1. The maximum absolute atomic E-state index is 12.9. The number of aliphatic hydroxyl groups is 1. The van der Waals surface area contributed by atoms with Gasteiger partial charge in [0, 0.05) is 13.1 Å². The standard InChI is InChI=1S/C16H20FN3O2/c1-11-18-16(22-19-11)13-3-2-8-20(9-13)10-15(21)12-4-6-14(17)7-5-12/h4-7,13,15,21H,2-3,8-10H2,1H3/t13-,15-/m0/s1. The molecule has 2 atom stereocenters. The first kappa shape index (κ1) is 15.1. The smallest absolute Gasteiger partial charge is 0.231 e. The number of piperidine rings is 1. The lowest BCUT2D eigenvalue weighted by atomic mass is 9.97. The van der Waals surface area contributed by atoms with Crippen molar-refractivity contribution in [1.29, 1.82) is 0 Å². The first-order valence-electron chi connectivity index (χ1n) is 7.58. The van der Waals surface area contributed by atoms with Crippen LogP contribution in [-0.2, 0) is 0 Å². The Morgan fingerprint density at radius 1 is 1.41 bits per heavy atom. The molecule has 0 aliphatic carbocycles. The van der Waals surface area contributed by atoms with Gasteiger partial charge in [-0.05, 0) is 44.0 Å². The zero-order valence-electron chi connectivity index (χ0n) is 12.6. The van der Waals surface area contributed by atoms with E-state index in [0.717, 1.165) is 31.5 Å². The van der Waals surface area contributed by atoms with Crippen molar-refractivity contribution in [1.82, 2.24) is 15.0 Å². The van der Waals surface area contributed by atoms with E-state index in [9.17, 15) is 9.50 Å². The number of rotatable bonds is 4. The molecular weight excluding hydrogens is 285 g/mol. The maximum atomic E-state index is 12.9. The molecule has 1 aromatic carbocycles. The van der Waals surface area contributed by atoms with Gasteiger partial charge in [0.15, 0.2) is 5.82 Å². The quantitative estimate of drug-likeness (QED) is 0.940. The third kappa shape index (κ3) is 3.51. The van der Waals surface area contributed by atoms with Crippen LogP contribution in [0.4, 0.5) is 4.39 Å². The van der Waals surface area contributed by atoms with Gasteiger partial charge in [0.1, 0.15) is 5.82 Å². The molecule has 1 aliphatic rings. The van der Waals surface area contributed by atoms with Crippen molar-refractivity contribution < 1.29 is 14.0 Å². The summed E-state index contributed by atoms with van der Waals surface area (Å²) in [6.45, 7) is 4.06. The number of aryl methyl sites for hydroxylation is 1. The van der Waals surface area contributed by atoms with Gasteiger partial charge in [0.25, 0.3) is 0 Å². The molecule has 0 bridgehead atoms. The Morgan fingerprint density at radius 2 is 2.18 bits per heavy atom. The van der Waals surface area contributed by atoms with Crippen molar-refractivity contribution >= 4 is 0 Å². The van der Waals surface area contributed by atoms with Gasteiger partial charge in [-0.25, -0.2) is 4.39 Å². The molecule has 3 rings (SSSR count). The Balaban J connectivity index is 1.61. The normalized spacial score (nSPS) is 21.0. The molecule has 0 amide bonds. The predicted molar refractivity (Wildman–Crippen MR) is 78.8 cm³/mol. The van der Waals surface area contributed by atoms with E-state index >= 15 is 0 Å². The van der Waals surface area contributed by atoms with Crippen molar-refractivity contribution in [2.24, 2.45) is 0 Å². The number of nitrogens with zero attached hydrogens (tertiary/aromatic N) is 3. The average molecular weight is 305 g/mol. The average Bonchev–Trinajstić information content (AvgIpc) is 2.95. The number of aliphatic hydroxyl groups excluding tert-OH is 1. The van der Waals surface area contributed by atoms with E-state index in [1.54, 1.807) is 12.1 Å². The minimum Gasteiger partial charge on any atom is -0.387 e. The highest BCUT2D eigenvalue weighted by molar-refractivity contribution is 5.18. The minimum absolute atomic E-state index is 0.218. The Labute approximate surface area is 128 Å². The molecular formula is C16H20FN3O2. The van der Waals surface area contributed by atoms with Crippen molar-refractivity contribution in [3.05, 3.63) is 47.4 Å². The summed E-state index contributed by atoms with van der Waals surface area (Å²) in [6, 6.07) is 6.00. The molecule has 1 aliphatic heterocycles. The van der Waals surface area contributed by atoms with Crippen LogP contribution in [-0.4, -0.2) is 39.8 Å². The van der Waals surface area contributed by atoms with E-state index in [0.29, 0.717) is 18.3 Å². The molecule has 0 unspecified atom stereocenters. The van der Waals surface area contributed by atoms with Gasteiger partial charge in [0.2, 0.25) is 5.89 Å². The van der Waals surface area contributed by atoms with Gasteiger partial charge in [-0.2, -0.15) is 4.98 Å². The molecule has 5 nitrogen and oxygen atoms in total. The fourth-order valence-electron chi connectivity index (χ4n) is 2.94. The van der Waals surface area contributed by atoms with Crippen LogP contribution >= 0.6 is 0 Å². The molecule has 2 aromatic rings. The van der Waals surface area contributed by atoms with Gasteiger partial charge < -0.3 is 9.63 Å². The monoisotopic (exact) mass is 305 g/mol. The SMILES string of the molecule is Cc1noc([C@H]2CCCN(C[C@H](O)c3ccc(F)cc3)C2)n1. The lowest BCUT2D eigenvalue weighted by molar-refractivity contribution is 0.0910. The van der Waals surface area contributed by atoms with Gasteiger partial charge in [-0.3, -0.25) is 4.90 Å². The molecule has 1 fully saturated rings. The zero-order valence-corrected chi connectivity index (χ0v) is 12.6. The first-order chi connectivity index (χ1) is 10.6. The topological polar surface area (TPSA) is 62.4 Å². The maximum Gasteiger partial charge on any atom is 0.231 e. The molecule has 0 saturated carbocycles. The number of β-amino-alcohol motifs (C(OH)–C–C–N with tert-alkyl or cyclic N) is 1. The van der Waals surface area contributed by atoms with E-state index in [4.69, 9.17) is 4.52 Å². The predicted octanol–water partition coefficient (Wildman–Crippen LogP) is 2.43. The van der Waals surface area contributed by atoms with E-state index in [1.807, 2.05) is 6.92 Å². The first-order valence-corrected chi connectivity index (χ1v) is 7.58. The lowest BCUT2D eigenvalue weighted by Crippen LogP contribution is -2.37. The fraction of sp³-hybridized carbons (Fsp3) is 0.500. The van der Waals surface area contributed by atoms with Gasteiger partial charge in [-0.15, -0.1) is 0 Å². The summed E-state index contributed by atoms with van der Waals surface area (Å²) in [5.41, 5.74) is 0.733. The van der Waals surface area contributed by atoms with Crippen molar-refractivity contribution in [2.45, 2.75) is 31.8 Å². The summed E-state index contributed by atoms with van der Waals surface area (Å²) in [5, 5.41) is 14.2. The Kier molecular flexibility index (Phi) is 4.49. The molecule has 1 saturated heterocycles.